The molecule has 1 aromatic heterocycles. The van der Waals surface area contributed by atoms with E-state index in [9.17, 15) is 18.8 Å². The molecule has 0 fully saturated rings. The molecule has 0 aliphatic carbocycles. The lowest BCUT2D eigenvalue weighted by Crippen LogP contribution is -2.32. The Morgan fingerprint density at radius 2 is 1.79 bits per heavy atom. The number of aliphatic imine (C=N–C) groups is 1. The van der Waals surface area contributed by atoms with Crippen LogP contribution in [0.3, 0.4) is 0 Å². The first-order valence-electron chi connectivity index (χ1n) is 15.2. The van der Waals surface area contributed by atoms with Gasteiger partial charge in [-0.3, -0.25) is 14.2 Å². The molecule has 0 bridgehead atoms. The second kappa shape index (κ2) is 23.2. The van der Waals surface area contributed by atoms with Gasteiger partial charge in [0.2, 0.25) is 5.91 Å². The van der Waals surface area contributed by atoms with Gasteiger partial charge in [-0.15, -0.1) is 11.8 Å². The van der Waals surface area contributed by atoms with Crippen molar-refractivity contribution in [3.8, 4) is 0 Å². The molecule has 43 heavy (non-hydrogen) atoms. The van der Waals surface area contributed by atoms with Crippen molar-refractivity contribution >= 4 is 30.3 Å². The minimum Gasteiger partial charge on any atom is -0.368 e. The molecule has 1 rings (SSSR count). The first-order valence-corrected chi connectivity index (χ1v) is 16.3. The maximum atomic E-state index is 13.5. The maximum Gasteiger partial charge on any atom is 0.347 e. The number of amides is 2. The number of nitrogens with zero attached hydrogens (tertiary/aromatic N) is 5. The molecule has 0 saturated heterocycles. The highest BCUT2D eigenvalue weighted by Crippen LogP contribution is 2.15. The zero-order valence-corrected chi connectivity index (χ0v) is 27.3. The summed E-state index contributed by atoms with van der Waals surface area (Å²) in [5.74, 6) is 0.323. The van der Waals surface area contributed by atoms with Gasteiger partial charge < -0.3 is 9.80 Å². The van der Waals surface area contributed by atoms with Gasteiger partial charge in [-0.1, -0.05) is 76.5 Å². The van der Waals surface area contributed by atoms with Crippen molar-refractivity contribution in [3.05, 3.63) is 76.4 Å². The Labute approximate surface area is 261 Å². The lowest BCUT2D eigenvalue weighted by Gasteiger charge is -2.21. The third kappa shape index (κ3) is 17.4. The molecule has 0 spiro atoms. The highest BCUT2D eigenvalue weighted by Gasteiger charge is 2.14. The molecular formula is C33H50FN5O3S. The topological polar surface area (TPSA) is 87.9 Å². The van der Waals surface area contributed by atoms with Crippen LogP contribution >= 0.6 is 11.8 Å². The van der Waals surface area contributed by atoms with Crippen LogP contribution in [0.4, 0.5) is 4.39 Å². The van der Waals surface area contributed by atoms with E-state index < -0.39 is 11.6 Å². The summed E-state index contributed by atoms with van der Waals surface area (Å²) in [5, 5.41) is 0. The fraction of sp³-hybridized carbons (Fsp3) is 0.545. The number of carbonyl (C=O) groups excluding carboxylic acids is 2. The molecule has 1 heterocycles. The number of hydrogen-bond acceptors (Lipinski definition) is 6. The van der Waals surface area contributed by atoms with Crippen molar-refractivity contribution in [1.82, 2.24) is 19.4 Å². The summed E-state index contributed by atoms with van der Waals surface area (Å²) in [6.07, 6.45) is 24.0. The second-order valence-electron chi connectivity index (χ2n) is 10.6. The molecule has 10 heteroatoms. The van der Waals surface area contributed by atoms with Crippen LogP contribution in [-0.4, -0.2) is 70.2 Å². The van der Waals surface area contributed by atoms with E-state index in [2.05, 4.69) is 28.5 Å². The Morgan fingerprint density at radius 3 is 2.42 bits per heavy atom. The van der Waals surface area contributed by atoms with Crippen LogP contribution in [0.25, 0.3) is 0 Å². The Hall–Kier alpha value is -3.27. The Balaban J connectivity index is 2.99. The number of thioether (sulfide) groups is 1. The number of halogens is 1. The van der Waals surface area contributed by atoms with Crippen molar-refractivity contribution in [2.75, 3.05) is 32.3 Å². The van der Waals surface area contributed by atoms with Crippen LogP contribution in [-0.2, 0) is 22.6 Å². The molecule has 0 aliphatic heterocycles. The van der Waals surface area contributed by atoms with Crippen molar-refractivity contribution in [2.24, 2.45) is 4.99 Å². The number of hydrogen-bond donors (Lipinski definition) is 0. The standard InChI is InChI=1S/C33H50FN5O3S/c1-6-8-9-10-11-12-13-14-16-20-38(27-43-21-17-15-19-30(34)18-7-2)25-29(32(41)35-3)22-28-23-36-33(42)39(24-28)26-31(40)37(4)5/h7,15,17-19,23-25H,3,6,8-14,16,20-22,26-27H2,1-2,4-5H3/b17-15+,18-7-,29-25-,30-19+. The summed E-state index contributed by atoms with van der Waals surface area (Å²) in [6, 6.07) is 0. The summed E-state index contributed by atoms with van der Waals surface area (Å²) in [4.78, 5) is 48.2. The lowest BCUT2D eigenvalue weighted by molar-refractivity contribution is -0.129. The van der Waals surface area contributed by atoms with Crippen LogP contribution in [0.15, 0.2) is 70.2 Å². The summed E-state index contributed by atoms with van der Waals surface area (Å²) in [5.41, 5.74) is 0.502. The molecule has 8 nitrogen and oxygen atoms in total. The van der Waals surface area contributed by atoms with Crippen molar-refractivity contribution in [1.29, 1.82) is 0 Å². The minimum absolute atomic E-state index is 0.137. The molecule has 1 aromatic rings. The van der Waals surface area contributed by atoms with Crippen molar-refractivity contribution < 1.29 is 14.0 Å². The summed E-state index contributed by atoms with van der Waals surface area (Å²) in [7, 11) is 3.24. The minimum atomic E-state index is -0.533. The summed E-state index contributed by atoms with van der Waals surface area (Å²) < 4.78 is 14.8. The van der Waals surface area contributed by atoms with E-state index in [-0.39, 0.29) is 24.7 Å². The zero-order chi connectivity index (χ0) is 31.9. The molecule has 0 unspecified atom stereocenters. The predicted octanol–water partition coefficient (Wildman–Crippen LogP) is 6.49. The number of unbranched alkanes of at least 4 members (excludes halogenated alkanes) is 8. The van der Waals surface area contributed by atoms with E-state index in [1.807, 2.05) is 12.3 Å². The van der Waals surface area contributed by atoms with E-state index in [0.717, 1.165) is 19.4 Å². The normalized spacial score (nSPS) is 12.3. The molecule has 2 amide bonds. The van der Waals surface area contributed by atoms with Gasteiger partial charge in [-0.25, -0.2) is 19.2 Å². The number of likely N-dealkylation sites (N-methyl/N-ethyl adjacent to an activating group) is 1. The molecule has 0 N–H and O–H groups in total. The van der Waals surface area contributed by atoms with E-state index in [4.69, 9.17) is 0 Å². The van der Waals surface area contributed by atoms with E-state index in [0.29, 0.717) is 22.8 Å². The Bertz CT molecular complexity index is 1170. The molecule has 0 radical (unpaired) electrons. The second-order valence-corrected chi connectivity index (χ2v) is 11.6. The van der Waals surface area contributed by atoms with Gasteiger partial charge in [-0.2, -0.15) is 0 Å². The monoisotopic (exact) mass is 615 g/mol. The van der Waals surface area contributed by atoms with E-state index in [1.54, 1.807) is 51.1 Å². The van der Waals surface area contributed by atoms with Gasteiger partial charge in [0, 0.05) is 57.0 Å². The van der Waals surface area contributed by atoms with Gasteiger partial charge >= 0.3 is 5.69 Å². The van der Waals surface area contributed by atoms with Crippen LogP contribution in [0.1, 0.15) is 77.2 Å². The van der Waals surface area contributed by atoms with E-state index >= 15 is 0 Å². The number of aromatic nitrogens is 2. The van der Waals surface area contributed by atoms with Crippen LogP contribution < -0.4 is 5.69 Å². The highest BCUT2D eigenvalue weighted by atomic mass is 32.2. The average Bonchev–Trinajstić information content (AvgIpc) is 2.98. The molecule has 0 aliphatic rings. The van der Waals surface area contributed by atoms with E-state index in [1.165, 1.54) is 72.8 Å². The molecule has 238 valence electrons. The SMILES string of the molecule is C=NC(=O)/C(=C\N(CCCCCCCCCCC)CSC/C=C/C=C(F)\C=C/C)Cc1cnc(=O)n(CC(=O)N(C)C)c1. The lowest BCUT2D eigenvalue weighted by atomic mass is 10.1. The smallest absolute Gasteiger partial charge is 0.347 e. The fourth-order valence-electron chi connectivity index (χ4n) is 4.17. The van der Waals surface area contributed by atoms with Crippen LogP contribution in [0.2, 0.25) is 0 Å². The highest BCUT2D eigenvalue weighted by molar-refractivity contribution is 7.99. The number of rotatable bonds is 22. The predicted molar refractivity (Wildman–Crippen MR) is 178 cm³/mol. The van der Waals surface area contributed by atoms with Gasteiger partial charge in [0.15, 0.2) is 0 Å². The van der Waals surface area contributed by atoms with Crippen molar-refractivity contribution in [2.45, 2.75) is 84.6 Å². The largest absolute Gasteiger partial charge is 0.368 e. The fourth-order valence-corrected chi connectivity index (χ4v) is 4.96. The summed E-state index contributed by atoms with van der Waals surface area (Å²) in [6.45, 7) is 8.06. The van der Waals surface area contributed by atoms with Crippen LogP contribution in [0, 0.1) is 0 Å². The molecular weight excluding hydrogens is 565 g/mol. The quantitative estimate of drug-likeness (QED) is 0.0487. The first kappa shape index (κ1) is 37.8. The van der Waals surface area contributed by atoms with Gasteiger partial charge in [-0.05, 0) is 37.8 Å². The number of carbonyl (C=O) groups is 2. The maximum absolute atomic E-state index is 13.5. The Morgan fingerprint density at radius 1 is 1.12 bits per heavy atom. The van der Waals surface area contributed by atoms with Crippen LogP contribution in [0.5, 0.6) is 0 Å². The van der Waals surface area contributed by atoms with Crippen molar-refractivity contribution in [3.63, 3.8) is 0 Å². The summed E-state index contributed by atoms with van der Waals surface area (Å²) >= 11 is 1.65. The first-order chi connectivity index (χ1) is 20.7. The molecule has 0 aromatic carbocycles. The van der Waals surface area contributed by atoms with Gasteiger partial charge in [0.1, 0.15) is 12.4 Å². The third-order valence-electron chi connectivity index (χ3n) is 6.60. The average molecular weight is 616 g/mol. The third-order valence-corrected chi connectivity index (χ3v) is 7.54. The number of allylic oxidation sites excluding steroid dienone is 5. The molecule has 0 saturated carbocycles. The van der Waals surface area contributed by atoms with Gasteiger partial charge in [0.25, 0.3) is 5.91 Å². The molecule has 0 atom stereocenters. The Kier molecular flexibility index (Phi) is 20.4. The van der Waals surface area contributed by atoms with Gasteiger partial charge in [0.05, 0.1) is 5.88 Å². The zero-order valence-electron chi connectivity index (χ0n) is 26.5.